The number of anilines is 2. The Kier molecular flexibility index (Phi) is 6.71. The van der Waals surface area contributed by atoms with Crippen LogP contribution in [0.2, 0.25) is 0 Å². The molecule has 150 valence electrons. The average molecular weight is 408 g/mol. The second-order valence-electron chi connectivity index (χ2n) is 6.40. The van der Waals surface area contributed by atoms with E-state index in [0.29, 0.717) is 5.69 Å². The lowest BCUT2D eigenvalue weighted by Gasteiger charge is -2.22. The number of hydrogen-bond acceptors (Lipinski definition) is 4. The van der Waals surface area contributed by atoms with Gasteiger partial charge < -0.3 is 16.0 Å². The number of para-hydroxylation sites is 1. The van der Waals surface area contributed by atoms with E-state index in [-0.39, 0.29) is 11.6 Å². The number of benzene rings is 2. The quantitative estimate of drug-likeness (QED) is 0.584. The molecular weight excluding hydrogens is 387 g/mol. The number of nitrogens with one attached hydrogen (secondary N) is 3. The molecule has 28 heavy (non-hydrogen) atoms. The first kappa shape index (κ1) is 21.3. The molecule has 2 rings (SSSR count). The highest BCUT2D eigenvalue weighted by atomic mass is 32.2. The van der Waals surface area contributed by atoms with Crippen LogP contribution in [0, 0.1) is 11.7 Å². The zero-order chi connectivity index (χ0) is 20.9. The van der Waals surface area contributed by atoms with Crippen LogP contribution in [-0.2, 0) is 14.8 Å². The molecular formula is C18H21FN4O4S. The number of carbonyl (C=O) groups is 2. The second kappa shape index (κ2) is 8.81. The van der Waals surface area contributed by atoms with Gasteiger partial charge in [-0.15, -0.1) is 0 Å². The summed E-state index contributed by atoms with van der Waals surface area (Å²) in [6, 6.07) is 9.85. The Morgan fingerprint density at radius 2 is 1.64 bits per heavy atom. The Hall–Kier alpha value is -2.98. The Balaban J connectivity index is 2.13. The van der Waals surface area contributed by atoms with E-state index in [0.717, 1.165) is 18.2 Å². The molecule has 8 nitrogen and oxygen atoms in total. The third-order valence-corrected chi connectivity index (χ3v) is 4.63. The Morgan fingerprint density at radius 3 is 2.21 bits per heavy atom. The van der Waals surface area contributed by atoms with Crippen LogP contribution in [0.1, 0.15) is 13.8 Å². The smallest absolute Gasteiger partial charge is 0.319 e. The number of primary sulfonamides is 1. The van der Waals surface area contributed by atoms with Gasteiger partial charge in [0.05, 0.1) is 4.90 Å². The molecule has 0 aliphatic carbocycles. The van der Waals surface area contributed by atoms with Crippen LogP contribution >= 0.6 is 0 Å². The summed E-state index contributed by atoms with van der Waals surface area (Å²) in [5.74, 6) is -1.81. The minimum Gasteiger partial charge on any atom is -0.326 e. The number of nitrogens with two attached hydrogens (primary N) is 1. The SMILES string of the molecule is CC(C)C(NC(=O)Nc1ccccc1)C(=O)Nc1cc(F)cc(S(N)(=O)=O)c1. The van der Waals surface area contributed by atoms with Crippen molar-refractivity contribution in [1.29, 1.82) is 0 Å². The van der Waals surface area contributed by atoms with E-state index in [4.69, 9.17) is 5.14 Å². The van der Waals surface area contributed by atoms with Crippen LogP contribution < -0.4 is 21.1 Å². The highest BCUT2D eigenvalue weighted by molar-refractivity contribution is 7.89. The molecule has 0 aliphatic rings. The van der Waals surface area contributed by atoms with Crippen molar-refractivity contribution in [2.45, 2.75) is 24.8 Å². The van der Waals surface area contributed by atoms with Crippen molar-refractivity contribution in [2.75, 3.05) is 10.6 Å². The summed E-state index contributed by atoms with van der Waals surface area (Å²) in [7, 11) is -4.14. The summed E-state index contributed by atoms with van der Waals surface area (Å²) < 4.78 is 36.5. The molecule has 0 aromatic heterocycles. The van der Waals surface area contributed by atoms with Crippen molar-refractivity contribution < 1.29 is 22.4 Å². The van der Waals surface area contributed by atoms with Gasteiger partial charge in [0.25, 0.3) is 0 Å². The highest BCUT2D eigenvalue weighted by Gasteiger charge is 2.25. The van der Waals surface area contributed by atoms with Crippen LogP contribution in [0.5, 0.6) is 0 Å². The van der Waals surface area contributed by atoms with Crippen molar-refractivity contribution in [2.24, 2.45) is 11.1 Å². The molecule has 0 fully saturated rings. The fourth-order valence-electron chi connectivity index (χ4n) is 2.38. The van der Waals surface area contributed by atoms with Crippen LogP contribution in [0.4, 0.5) is 20.6 Å². The number of urea groups is 1. The summed E-state index contributed by atoms with van der Waals surface area (Å²) >= 11 is 0. The van der Waals surface area contributed by atoms with Crippen molar-refractivity contribution in [3.05, 3.63) is 54.3 Å². The van der Waals surface area contributed by atoms with E-state index in [2.05, 4.69) is 16.0 Å². The monoisotopic (exact) mass is 408 g/mol. The van der Waals surface area contributed by atoms with Gasteiger partial charge in [0, 0.05) is 11.4 Å². The number of carbonyl (C=O) groups excluding carboxylic acids is 2. The predicted octanol–water partition coefficient (Wildman–Crippen LogP) is 2.26. The van der Waals surface area contributed by atoms with Gasteiger partial charge in [0.2, 0.25) is 15.9 Å². The van der Waals surface area contributed by atoms with Gasteiger partial charge in [-0.2, -0.15) is 0 Å². The molecule has 0 saturated heterocycles. The Morgan fingerprint density at radius 1 is 1.00 bits per heavy atom. The lowest BCUT2D eigenvalue weighted by molar-refractivity contribution is -0.118. The summed E-state index contributed by atoms with van der Waals surface area (Å²) in [5, 5.41) is 12.5. The molecule has 0 heterocycles. The van der Waals surface area contributed by atoms with Crippen LogP contribution in [0.3, 0.4) is 0 Å². The molecule has 5 N–H and O–H groups in total. The maximum absolute atomic E-state index is 13.7. The van der Waals surface area contributed by atoms with Crippen molar-refractivity contribution in [3.8, 4) is 0 Å². The van der Waals surface area contributed by atoms with Gasteiger partial charge in [-0.3, -0.25) is 4.79 Å². The molecule has 0 spiro atoms. The molecule has 0 saturated carbocycles. The van der Waals surface area contributed by atoms with Crippen molar-refractivity contribution in [1.82, 2.24) is 5.32 Å². The molecule has 1 unspecified atom stereocenters. The fraction of sp³-hybridized carbons (Fsp3) is 0.222. The zero-order valence-corrected chi connectivity index (χ0v) is 16.1. The zero-order valence-electron chi connectivity index (χ0n) is 15.3. The maximum atomic E-state index is 13.7. The molecule has 0 aliphatic heterocycles. The van der Waals surface area contributed by atoms with Crippen molar-refractivity contribution in [3.63, 3.8) is 0 Å². The van der Waals surface area contributed by atoms with E-state index in [9.17, 15) is 22.4 Å². The molecule has 0 radical (unpaired) electrons. The molecule has 0 bridgehead atoms. The maximum Gasteiger partial charge on any atom is 0.319 e. The summed E-state index contributed by atoms with van der Waals surface area (Å²) in [5.41, 5.74) is 0.454. The molecule has 10 heteroatoms. The third-order valence-electron chi connectivity index (χ3n) is 3.73. The number of rotatable bonds is 6. The Labute approximate surface area is 162 Å². The lowest BCUT2D eigenvalue weighted by atomic mass is 10.0. The number of sulfonamides is 1. The summed E-state index contributed by atoms with van der Waals surface area (Å²) in [4.78, 5) is 24.2. The second-order valence-corrected chi connectivity index (χ2v) is 7.96. The third kappa shape index (κ3) is 6.03. The van der Waals surface area contributed by atoms with E-state index in [1.807, 2.05) is 0 Å². The normalized spacial score (nSPS) is 12.3. The minimum atomic E-state index is -4.14. The first-order valence-electron chi connectivity index (χ1n) is 8.33. The molecule has 2 aromatic rings. The topological polar surface area (TPSA) is 130 Å². The highest BCUT2D eigenvalue weighted by Crippen LogP contribution is 2.18. The van der Waals surface area contributed by atoms with E-state index in [1.54, 1.807) is 44.2 Å². The number of amides is 3. The molecule has 1 atom stereocenters. The minimum absolute atomic E-state index is 0.0926. The summed E-state index contributed by atoms with van der Waals surface area (Å²) in [6.45, 7) is 3.43. The van der Waals surface area contributed by atoms with Gasteiger partial charge in [-0.05, 0) is 36.2 Å². The van der Waals surface area contributed by atoms with Gasteiger partial charge in [0.1, 0.15) is 11.9 Å². The van der Waals surface area contributed by atoms with Crippen LogP contribution in [0.15, 0.2) is 53.4 Å². The van der Waals surface area contributed by atoms with E-state index in [1.165, 1.54) is 0 Å². The van der Waals surface area contributed by atoms with Gasteiger partial charge in [-0.25, -0.2) is 22.7 Å². The van der Waals surface area contributed by atoms with Gasteiger partial charge in [0.15, 0.2) is 0 Å². The van der Waals surface area contributed by atoms with E-state index < -0.39 is 38.7 Å². The fourth-order valence-corrected chi connectivity index (χ4v) is 2.95. The van der Waals surface area contributed by atoms with Gasteiger partial charge in [-0.1, -0.05) is 32.0 Å². The molecule has 2 aromatic carbocycles. The first-order chi connectivity index (χ1) is 13.1. The lowest BCUT2D eigenvalue weighted by Crippen LogP contribution is -2.48. The standard InChI is InChI=1S/C18H21FN4O4S/c1-11(2)16(23-18(25)22-13-6-4-3-5-7-13)17(24)21-14-8-12(19)9-15(10-14)28(20,26)27/h3-11,16H,1-2H3,(H,21,24)(H2,20,26,27)(H2,22,23,25). The van der Waals surface area contributed by atoms with Gasteiger partial charge >= 0.3 is 6.03 Å². The Bertz CT molecular complexity index is 965. The van der Waals surface area contributed by atoms with E-state index >= 15 is 0 Å². The average Bonchev–Trinajstić information content (AvgIpc) is 2.59. The summed E-state index contributed by atoms with van der Waals surface area (Å²) in [6.07, 6.45) is 0. The number of halogens is 1. The molecule has 3 amide bonds. The van der Waals surface area contributed by atoms with Crippen LogP contribution in [0.25, 0.3) is 0 Å². The van der Waals surface area contributed by atoms with Crippen molar-refractivity contribution >= 4 is 33.3 Å². The first-order valence-corrected chi connectivity index (χ1v) is 9.87. The number of hydrogen-bond donors (Lipinski definition) is 4. The predicted molar refractivity (Wildman–Crippen MR) is 104 cm³/mol. The van der Waals surface area contributed by atoms with Crippen LogP contribution in [-0.4, -0.2) is 26.4 Å². The largest absolute Gasteiger partial charge is 0.326 e.